The number of carboxylic acid groups (broad SMARTS) is 1. The van der Waals surface area contributed by atoms with Crippen LogP contribution in [0.1, 0.15) is 10.4 Å². The fraction of sp³-hybridized carbons (Fsp3) is 0.100. The molecule has 1 aromatic heterocycles. The van der Waals surface area contributed by atoms with E-state index in [0.717, 1.165) is 22.9 Å². The zero-order valence-corrected chi connectivity index (χ0v) is 12.8. The Kier molecular flexibility index (Phi) is 3.96. The molecule has 0 amide bonds. The first-order valence-electron chi connectivity index (χ1n) is 5.33. The smallest absolute Gasteiger partial charge is 0.337 e. The van der Waals surface area contributed by atoms with Crippen LogP contribution in [-0.2, 0) is 17.1 Å². The fourth-order valence-electron chi connectivity index (χ4n) is 1.59. The van der Waals surface area contributed by atoms with Gasteiger partial charge in [0.2, 0.25) is 5.03 Å². The molecule has 2 N–H and O–H groups in total. The normalized spacial score (nSPS) is 11.4. The maximum absolute atomic E-state index is 13.2. The van der Waals surface area contributed by atoms with E-state index in [1.165, 1.54) is 7.05 Å². The molecule has 0 fully saturated rings. The van der Waals surface area contributed by atoms with Gasteiger partial charge in [-0.2, -0.15) is 8.42 Å². The lowest BCUT2D eigenvalue weighted by Crippen LogP contribution is -2.19. The van der Waals surface area contributed by atoms with E-state index >= 15 is 0 Å². The fourth-order valence-corrected chi connectivity index (χ4v) is 3.76. The Bertz CT molecular complexity index is 801. The minimum atomic E-state index is -4.19. The molecule has 11 heteroatoms. The summed E-state index contributed by atoms with van der Waals surface area (Å²) in [7, 11) is -2.85. The third kappa shape index (κ3) is 3.03. The molecule has 0 aliphatic carbocycles. The summed E-state index contributed by atoms with van der Waals surface area (Å²) < 4.78 is 40.6. The Morgan fingerprint density at radius 2 is 2.14 bits per heavy atom. The molecule has 2 rings (SSSR count). The van der Waals surface area contributed by atoms with Crippen molar-refractivity contribution in [3.8, 4) is 0 Å². The van der Waals surface area contributed by atoms with E-state index in [-0.39, 0.29) is 15.2 Å². The maximum atomic E-state index is 13.2. The highest BCUT2D eigenvalue weighted by Crippen LogP contribution is 2.24. The van der Waals surface area contributed by atoms with Gasteiger partial charge in [0.25, 0.3) is 10.0 Å². The van der Waals surface area contributed by atoms with Crippen molar-refractivity contribution < 1.29 is 22.7 Å². The van der Waals surface area contributed by atoms with Gasteiger partial charge in [-0.25, -0.2) is 13.9 Å². The average molecular weight is 379 g/mol. The molecule has 0 radical (unpaired) electrons. The van der Waals surface area contributed by atoms with Gasteiger partial charge in [0.1, 0.15) is 5.82 Å². The van der Waals surface area contributed by atoms with Gasteiger partial charge < -0.3 is 5.11 Å². The molecular formula is C10H8BrFN4O4S. The second-order valence-electron chi connectivity index (χ2n) is 3.91. The third-order valence-electron chi connectivity index (χ3n) is 2.45. The van der Waals surface area contributed by atoms with Crippen LogP contribution in [0.4, 0.5) is 10.1 Å². The molecule has 1 heterocycles. The van der Waals surface area contributed by atoms with Crippen LogP contribution in [0.3, 0.4) is 0 Å². The first-order chi connectivity index (χ1) is 9.72. The summed E-state index contributed by atoms with van der Waals surface area (Å²) in [5.74, 6) is -2.17. The number of aryl methyl sites for hydroxylation is 1. The molecule has 0 aliphatic rings. The highest BCUT2D eigenvalue weighted by molar-refractivity contribution is 9.10. The average Bonchev–Trinajstić information content (AvgIpc) is 2.68. The van der Waals surface area contributed by atoms with Crippen molar-refractivity contribution in [2.24, 2.45) is 7.05 Å². The second kappa shape index (κ2) is 5.41. The standard InChI is InChI=1S/C10H8BrFN4O4S/c1-16-9(8(11)13-15-16)21(19,20)14-7-4-5(12)2-3-6(7)10(17)18/h2-4,14H,1H3,(H,17,18). The van der Waals surface area contributed by atoms with Crippen LogP contribution < -0.4 is 4.72 Å². The van der Waals surface area contributed by atoms with E-state index in [0.29, 0.717) is 0 Å². The van der Waals surface area contributed by atoms with Crippen molar-refractivity contribution in [2.45, 2.75) is 5.03 Å². The molecule has 0 unspecified atom stereocenters. The van der Waals surface area contributed by atoms with Crippen LogP contribution >= 0.6 is 15.9 Å². The predicted octanol–water partition coefficient (Wildman–Crippen LogP) is 1.22. The van der Waals surface area contributed by atoms with Gasteiger partial charge in [-0.3, -0.25) is 4.72 Å². The second-order valence-corrected chi connectivity index (χ2v) is 6.26. The number of halogens is 2. The minimum absolute atomic E-state index is 0.0502. The largest absolute Gasteiger partial charge is 0.478 e. The third-order valence-corrected chi connectivity index (χ3v) is 4.70. The molecular weight excluding hydrogens is 371 g/mol. The van der Waals surface area contributed by atoms with Crippen LogP contribution in [0, 0.1) is 5.82 Å². The zero-order valence-electron chi connectivity index (χ0n) is 10.4. The van der Waals surface area contributed by atoms with Crippen LogP contribution in [0.25, 0.3) is 0 Å². The first-order valence-corrected chi connectivity index (χ1v) is 7.61. The number of hydrogen-bond donors (Lipinski definition) is 2. The van der Waals surface area contributed by atoms with Crippen LogP contribution in [0.5, 0.6) is 0 Å². The summed E-state index contributed by atoms with van der Waals surface area (Å²) in [5, 5.41) is 15.7. The highest BCUT2D eigenvalue weighted by atomic mass is 79.9. The Balaban J connectivity index is 2.51. The van der Waals surface area contributed by atoms with Gasteiger partial charge in [-0.1, -0.05) is 5.21 Å². The number of sulfonamides is 1. The molecule has 0 atom stereocenters. The van der Waals surface area contributed by atoms with Crippen molar-refractivity contribution in [2.75, 3.05) is 4.72 Å². The predicted molar refractivity (Wildman–Crippen MR) is 72.9 cm³/mol. The number of carbonyl (C=O) groups is 1. The van der Waals surface area contributed by atoms with E-state index < -0.39 is 27.5 Å². The summed E-state index contributed by atoms with van der Waals surface area (Å²) in [6, 6.07) is 2.66. The molecule has 2 aromatic rings. The number of aromatic nitrogens is 3. The van der Waals surface area contributed by atoms with Crippen LogP contribution in [-0.4, -0.2) is 34.5 Å². The van der Waals surface area contributed by atoms with E-state index in [2.05, 4.69) is 26.2 Å². The number of aromatic carboxylic acids is 1. The van der Waals surface area contributed by atoms with Gasteiger partial charge in [0.05, 0.1) is 11.3 Å². The lowest BCUT2D eigenvalue weighted by Gasteiger charge is -2.10. The van der Waals surface area contributed by atoms with Crippen LogP contribution in [0.2, 0.25) is 0 Å². The van der Waals surface area contributed by atoms with Crippen molar-refractivity contribution >= 4 is 37.6 Å². The van der Waals surface area contributed by atoms with Crippen molar-refractivity contribution in [1.29, 1.82) is 0 Å². The monoisotopic (exact) mass is 378 g/mol. The molecule has 8 nitrogen and oxygen atoms in total. The highest BCUT2D eigenvalue weighted by Gasteiger charge is 2.26. The number of carboxylic acids is 1. The first kappa shape index (κ1) is 15.4. The minimum Gasteiger partial charge on any atom is -0.478 e. The molecule has 0 bridgehead atoms. The number of hydrogen-bond acceptors (Lipinski definition) is 5. The Morgan fingerprint density at radius 3 is 2.67 bits per heavy atom. The van der Waals surface area contributed by atoms with Crippen molar-refractivity contribution in [3.05, 3.63) is 34.2 Å². The van der Waals surface area contributed by atoms with Crippen LogP contribution in [0.15, 0.2) is 27.8 Å². The molecule has 0 saturated heterocycles. The Hall–Kier alpha value is -2.01. The Morgan fingerprint density at radius 1 is 1.48 bits per heavy atom. The number of anilines is 1. The molecule has 0 spiro atoms. The summed E-state index contributed by atoms with van der Waals surface area (Å²) >= 11 is 2.92. The van der Waals surface area contributed by atoms with E-state index in [4.69, 9.17) is 5.11 Å². The summed E-state index contributed by atoms with van der Waals surface area (Å²) in [4.78, 5) is 11.0. The quantitative estimate of drug-likeness (QED) is 0.826. The van der Waals surface area contributed by atoms with E-state index in [9.17, 15) is 17.6 Å². The number of benzene rings is 1. The SMILES string of the molecule is Cn1nnc(Br)c1S(=O)(=O)Nc1cc(F)ccc1C(=O)O. The van der Waals surface area contributed by atoms with Gasteiger partial charge in [-0.15, -0.1) is 5.10 Å². The van der Waals surface area contributed by atoms with Gasteiger partial charge in [-0.05, 0) is 34.1 Å². The number of rotatable bonds is 4. The van der Waals surface area contributed by atoms with E-state index in [1.807, 2.05) is 4.72 Å². The van der Waals surface area contributed by atoms with E-state index in [1.54, 1.807) is 0 Å². The lowest BCUT2D eigenvalue weighted by atomic mass is 10.2. The number of nitrogens with zero attached hydrogens (tertiary/aromatic N) is 3. The lowest BCUT2D eigenvalue weighted by molar-refractivity contribution is 0.0698. The molecule has 21 heavy (non-hydrogen) atoms. The zero-order chi connectivity index (χ0) is 15.8. The Labute approximate surface area is 126 Å². The summed E-state index contributed by atoms with van der Waals surface area (Å²) in [6.07, 6.45) is 0. The van der Waals surface area contributed by atoms with Gasteiger partial charge in [0, 0.05) is 7.05 Å². The van der Waals surface area contributed by atoms with Gasteiger partial charge >= 0.3 is 5.97 Å². The summed E-state index contributed by atoms with van der Waals surface area (Å²) in [6.45, 7) is 0. The molecule has 0 saturated carbocycles. The van der Waals surface area contributed by atoms with Crippen molar-refractivity contribution in [1.82, 2.24) is 15.0 Å². The summed E-state index contributed by atoms with van der Waals surface area (Å²) in [5.41, 5.74) is -0.776. The molecule has 0 aliphatic heterocycles. The maximum Gasteiger partial charge on any atom is 0.337 e. The van der Waals surface area contributed by atoms with Gasteiger partial charge in [0.15, 0.2) is 4.60 Å². The van der Waals surface area contributed by atoms with Crippen molar-refractivity contribution in [3.63, 3.8) is 0 Å². The molecule has 1 aromatic carbocycles. The topological polar surface area (TPSA) is 114 Å². The number of nitrogens with one attached hydrogen (secondary N) is 1. The molecule has 112 valence electrons.